The van der Waals surface area contributed by atoms with E-state index >= 15 is 0 Å². The number of carbonyl (C=O) groups excluding carboxylic acids is 1. The molecule has 5 rings (SSSR count). The molecule has 39 heavy (non-hydrogen) atoms. The average Bonchev–Trinajstić information content (AvgIpc) is 3.23. The van der Waals surface area contributed by atoms with Gasteiger partial charge in [-0.3, -0.25) is 0 Å². The maximum absolute atomic E-state index is 14.1. The van der Waals surface area contributed by atoms with Crippen LogP contribution >= 0.6 is 6.83 Å². The van der Waals surface area contributed by atoms with Crippen molar-refractivity contribution in [3.63, 3.8) is 0 Å². The summed E-state index contributed by atoms with van der Waals surface area (Å²) >= 11 is 0. The zero-order valence-electron chi connectivity index (χ0n) is 21.5. The van der Waals surface area contributed by atoms with Crippen molar-refractivity contribution in [2.75, 3.05) is 6.54 Å². The van der Waals surface area contributed by atoms with Crippen LogP contribution in [0.5, 0.6) is 0 Å². The molecule has 0 aliphatic carbocycles. The Morgan fingerprint density at radius 3 is 1.85 bits per heavy atom. The molecule has 0 unspecified atom stereocenters. The summed E-state index contributed by atoms with van der Waals surface area (Å²) in [5, 5.41) is 12.2. The van der Waals surface area contributed by atoms with Crippen LogP contribution in [-0.4, -0.2) is 43.0 Å². The Bertz CT molecular complexity index is 1490. The molecule has 0 aromatic heterocycles. The predicted molar refractivity (Wildman–Crippen MR) is 152 cm³/mol. The first-order valence-electron chi connectivity index (χ1n) is 12.4. The number of hydrogen-bond acceptors (Lipinski definition) is 6. The summed E-state index contributed by atoms with van der Waals surface area (Å²) in [4.78, 5) is 14.5. The summed E-state index contributed by atoms with van der Waals surface area (Å²) in [6.07, 6.45) is 3.42. The van der Waals surface area contributed by atoms with Gasteiger partial charge in [-0.15, -0.1) is 0 Å². The second-order valence-corrected chi connectivity index (χ2v) is 15.0. The molecule has 2 atom stereocenters. The van der Waals surface area contributed by atoms with Crippen molar-refractivity contribution in [2.45, 2.75) is 25.9 Å². The first-order chi connectivity index (χ1) is 18.7. The summed E-state index contributed by atoms with van der Waals surface area (Å²) < 4.78 is 40.1. The first kappa shape index (κ1) is 26.8. The second kappa shape index (κ2) is 10.1. The van der Waals surface area contributed by atoms with Crippen molar-refractivity contribution in [1.82, 2.24) is 9.96 Å². The molecule has 3 aromatic carbocycles. The number of nitrogens with zero attached hydrogens (tertiary/aromatic N) is 3. The summed E-state index contributed by atoms with van der Waals surface area (Å²) in [5.74, 6) is 1.82. The van der Waals surface area contributed by atoms with E-state index in [0.717, 1.165) is 5.06 Å². The molecular weight excluding hydrogens is 533 g/mol. The number of hydrogen-bond donors (Lipinski definition) is 0. The van der Waals surface area contributed by atoms with Crippen molar-refractivity contribution in [1.29, 1.82) is 5.26 Å². The SMILES string of the molecule is C/C=C/P(OS(=O)(=O)ON1C(=O)N2C[C@H]1C(C)=C[C@H]2C#N)(c1ccccc1)(c1ccccc1)c1ccccc1. The van der Waals surface area contributed by atoms with E-state index in [2.05, 4.69) is 6.07 Å². The van der Waals surface area contributed by atoms with Gasteiger partial charge in [-0.1, -0.05) is 0 Å². The number of rotatable bonds is 8. The molecule has 0 N–H and O–H groups in total. The average molecular weight is 562 g/mol. The molecule has 8 nitrogen and oxygen atoms in total. The molecule has 0 saturated carbocycles. The molecule has 2 amide bonds. The minimum atomic E-state index is -4.89. The summed E-state index contributed by atoms with van der Waals surface area (Å²) in [6, 6.07) is 27.5. The van der Waals surface area contributed by atoms with Crippen molar-refractivity contribution in [3.8, 4) is 6.07 Å². The number of amides is 2. The molecular formula is C29H28N3O5PS. The molecule has 200 valence electrons. The van der Waals surface area contributed by atoms with Crippen LogP contribution in [0.1, 0.15) is 13.8 Å². The van der Waals surface area contributed by atoms with E-state index in [9.17, 15) is 18.5 Å². The molecule has 2 aliphatic rings. The number of urea groups is 1. The standard InChI is InChI=1S/C29H28N3O5PS/c1-3-19-38(25-13-7-4-8-14-25,26-15-9-5-10-16-26,27-17-11-6-12-18-27)37-39(34,35)36-32-28-22-31(29(32)33)24(21-30)20-23(28)2/h3-20,24,28H,22H2,1-2H3/b19-3+/t24-,28-/m0/s1. The van der Waals surface area contributed by atoms with Gasteiger partial charge in [0.2, 0.25) is 0 Å². The third-order valence-electron chi connectivity index (χ3n) is 7.16. The monoisotopic (exact) mass is 561 g/mol. The molecule has 10 heteroatoms. The molecule has 2 aliphatic heterocycles. The van der Waals surface area contributed by atoms with Gasteiger partial charge in [-0.2, -0.15) is 0 Å². The van der Waals surface area contributed by atoms with Crippen LogP contribution in [-0.2, 0) is 18.7 Å². The zero-order valence-corrected chi connectivity index (χ0v) is 23.2. The molecule has 2 heterocycles. The number of carbonyl (C=O) groups is 1. The number of hydroxylamine groups is 2. The molecule has 0 radical (unpaired) electrons. The first-order valence-corrected chi connectivity index (χ1v) is 16.0. The number of allylic oxidation sites excluding steroid dienone is 1. The van der Waals surface area contributed by atoms with Crippen LogP contribution in [0.2, 0.25) is 0 Å². The molecule has 2 bridgehead atoms. The van der Waals surface area contributed by atoms with Crippen LogP contribution in [0.25, 0.3) is 0 Å². The normalized spacial score (nSPS) is 20.4. The third kappa shape index (κ3) is 4.26. The van der Waals surface area contributed by atoms with Crippen LogP contribution < -0.4 is 15.9 Å². The van der Waals surface area contributed by atoms with Crippen molar-refractivity contribution >= 4 is 39.2 Å². The molecule has 0 spiro atoms. The Morgan fingerprint density at radius 1 is 0.923 bits per heavy atom. The van der Waals surface area contributed by atoms with E-state index < -0.39 is 35.3 Å². The molecule has 1 fully saturated rings. The van der Waals surface area contributed by atoms with Crippen LogP contribution in [0.4, 0.5) is 4.79 Å². The van der Waals surface area contributed by atoms with Gasteiger partial charge in [-0.05, 0) is 0 Å². The predicted octanol–water partition coefficient (Wildman–Crippen LogP) is 4.12. The fourth-order valence-corrected chi connectivity index (χ4v) is 12.9. The van der Waals surface area contributed by atoms with Crippen LogP contribution in [0, 0.1) is 11.3 Å². The summed E-state index contributed by atoms with van der Waals surface area (Å²) in [5.41, 5.74) is 0.666. The van der Waals surface area contributed by atoms with E-state index in [1.165, 1.54) is 4.90 Å². The van der Waals surface area contributed by atoms with Crippen molar-refractivity contribution in [2.24, 2.45) is 0 Å². The van der Waals surface area contributed by atoms with Crippen LogP contribution in [0.15, 0.2) is 115 Å². The van der Waals surface area contributed by atoms with Gasteiger partial charge < -0.3 is 0 Å². The summed E-state index contributed by atoms with van der Waals surface area (Å²) in [7, 11) is -4.89. The van der Waals surface area contributed by atoms with Gasteiger partial charge in [-0.25, -0.2) is 0 Å². The van der Waals surface area contributed by atoms with E-state index in [-0.39, 0.29) is 6.54 Å². The van der Waals surface area contributed by atoms with E-state index in [0.29, 0.717) is 21.5 Å². The molecule has 1 saturated heterocycles. The third-order valence-corrected chi connectivity index (χ3v) is 14.3. The molecule has 3 aromatic rings. The van der Waals surface area contributed by atoms with E-state index in [4.69, 9.17) is 8.25 Å². The van der Waals surface area contributed by atoms with Crippen LogP contribution in [0.3, 0.4) is 0 Å². The van der Waals surface area contributed by atoms with Gasteiger partial charge in [0.05, 0.1) is 0 Å². The maximum atomic E-state index is 14.1. The van der Waals surface area contributed by atoms with Gasteiger partial charge in [0, 0.05) is 0 Å². The fraction of sp³-hybridized carbons (Fsp3) is 0.172. The van der Waals surface area contributed by atoms with Gasteiger partial charge in [0.1, 0.15) is 0 Å². The number of nitriles is 1. The number of fused-ring (bicyclic) bond motifs is 2. The fourth-order valence-electron chi connectivity index (χ4n) is 5.42. The Kier molecular flexibility index (Phi) is 6.91. The Labute approximate surface area is 228 Å². The van der Waals surface area contributed by atoms with E-state index in [1.807, 2.05) is 104 Å². The Balaban J connectivity index is 1.72. The van der Waals surface area contributed by atoms with Crippen molar-refractivity contribution < 1.29 is 21.5 Å². The Morgan fingerprint density at radius 2 is 1.41 bits per heavy atom. The number of benzene rings is 3. The van der Waals surface area contributed by atoms with Crippen molar-refractivity contribution in [3.05, 3.63) is 115 Å². The second-order valence-electron chi connectivity index (χ2n) is 9.41. The van der Waals surface area contributed by atoms with Gasteiger partial charge in [0.15, 0.2) is 0 Å². The minimum absolute atomic E-state index is 0.142. The van der Waals surface area contributed by atoms with E-state index in [1.54, 1.807) is 19.1 Å². The van der Waals surface area contributed by atoms with Gasteiger partial charge in [0.25, 0.3) is 0 Å². The quantitative estimate of drug-likeness (QED) is 0.303. The zero-order chi connectivity index (χ0) is 27.7. The topological polar surface area (TPSA) is 99.9 Å². The van der Waals surface area contributed by atoms with Gasteiger partial charge >= 0.3 is 229 Å². The Hall–Kier alpha value is -3.80. The summed E-state index contributed by atoms with van der Waals surface area (Å²) in [6.45, 7) is -0.721.